The fraction of sp³-hybridized carbons (Fsp3) is 0. The number of rotatable bonds is 4. The van der Waals surface area contributed by atoms with E-state index in [1.165, 1.54) is 42.7 Å². The quantitative estimate of drug-likeness (QED) is 0.720. The number of carboxylic acid groups (broad SMARTS) is 1. The van der Waals surface area contributed by atoms with Crippen LogP contribution in [0.15, 0.2) is 59.8 Å². The zero-order valence-electron chi connectivity index (χ0n) is 12.1. The van der Waals surface area contributed by atoms with Gasteiger partial charge in [0.25, 0.3) is 10.0 Å². The SMILES string of the molecule is O=C(O)/C=C/c1cnc2c(ccn2S(=O)(=O)c2ccc(Cl)cc2)c1. The van der Waals surface area contributed by atoms with Gasteiger partial charge in [-0.15, -0.1) is 0 Å². The predicted molar refractivity (Wildman–Crippen MR) is 90.4 cm³/mol. The average molecular weight is 363 g/mol. The predicted octanol–water partition coefficient (Wildman–Crippen LogP) is 3.02. The molecule has 3 aromatic rings. The zero-order chi connectivity index (χ0) is 17.3. The lowest BCUT2D eigenvalue weighted by molar-refractivity contribution is -0.131. The molecule has 0 amide bonds. The number of hydrogen-bond acceptors (Lipinski definition) is 4. The Morgan fingerprint density at radius 1 is 1.21 bits per heavy atom. The van der Waals surface area contributed by atoms with Gasteiger partial charge in [0.05, 0.1) is 4.90 Å². The maximum Gasteiger partial charge on any atom is 0.328 e. The first kappa shape index (κ1) is 16.2. The van der Waals surface area contributed by atoms with Crippen molar-refractivity contribution in [2.24, 2.45) is 0 Å². The summed E-state index contributed by atoms with van der Waals surface area (Å²) in [4.78, 5) is 14.8. The molecule has 1 aromatic carbocycles. The zero-order valence-corrected chi connectivity index (χ0v) is 13.7. The lowest BCUT2D eigenvalue weighted by Gasteiger charge is -2.07. The highest BCUT2D eigenvalue weighted by Gasteiger charge is 2.19. The van der Waals surface area contributed by atoms with Crippen LogP contribution >= 0.6 is 11.6 Å². The minimum atomic E-state index is -3.79. The van der Waals surface area contributed by atoms with Crippen LogP contribution in [0.25, 0.3) is 17.1 Å². The fourth-order valence-electron chi connectivity index (χ4n) is 2.19. The summed E-state index contributed by atoms with van der Waals surface area (Å²) in [7, 11) is -3.79. The Morgan fingerprint density at radius 3 is 2.58 bits per heavy atom. The monoisotopic (exact) mass is 362 g/mol. The maximum atomic E-state index is 12.7. The van der Waals surface area contributed by atoms with E-state index in [2.05, 4.69) is 4.98 Å². The number of hydrogen-bond donors (Lipinski definition) is 1. The molecule has 2 heterocycles. The van der Waals surface area contributed by atoms with E-state index >= 15 is 0 Å². The Labute approximate surface area is 142 Å². The van der Waals surface area contributed by atoms with E-state index < -0.39 is 16.0 Å². The van der Waals surface area contributed by atoms with Crippen molar-refractivity contribution >= 4 is 44.7 Å². The topological polar surface area (TPSA) is 89.3 Å². The van der Waals surface area contributed by atoms with Crippen molar-refractivity contribution in [3.05, 3.63) is 65.5 Å². The molecule has 0 bridgehead atoms. The molecule has 122 valence electrons. The summed E-state index contributed by atoms with van der Waals surface area (Å²) in [6.45, 7) is 0. The second kappa shape index (κ2) is 6.10. The number of carbonyl (C=O) groups is 1. The molecule has 0 aliphatic heterocycles. The number of pyridine rings is 1. The van der Waals surface area contributed by atoms with Crippen LogP contribution in [0.4, 0.5) is 0 Å². The third-order valence-electron chi connectivity index (χ3n) is 3.30. The number of aromatic nitrogens is 2. The average Bonchev–Trinajstić information content (AvgIpc) is 2.97. The van der Waals surface area contributed by atoms with Crippen molar-refractivity contribution in [2.45, 2.75) is 4.90 Å². The third kappa shape index (κ3) is 3.04. The molecule has 0 saturated heterocycles. The number of fused-ring (bicyclic) bond motifs is 1. The first-order valence-electron chi connectivity index (χ1n) is 6.77. The minimum absolute atomic E-state index is 0.0982. The first-order valence-corrected chi connectivity index (χ1v) is 8.59. The smallest absolute Gasteiger partial charge is 0.328 e. The molecule has 3 rings (SSSR count). The molecule has 0 fully saturated rings. The highest BCUT2D eigenvalue weighted by Crippen LogP contribution is 2.23. The molecule has 8 heteroatoms. The van der Waals surface area contributed by atoms with Gasteiger partial charge < -0.3 is 5.11 Å². The van der Waals surface area contributed by atoms with Gasteiger partial charge in [-0.3, -0.25) is 0 Å². The van der Waals surface area contributed by atoms with Crippen molar-refractivity contribution in [1.29, 1.82) is 0 Å². The molecule has 1 N–H and O–H groups in total. The van der Waals surface area contributed by atoms with Crippen LogP contribution in [0.5, 0.6) is 0 Å². The largest absolute Gasteiger partial charge is 0.478 e. The van der Waals surface area contributed by atoms with Crippen LogP contribution < -0.4 is 0 Å². The molecule has 0 saturated carbocycles. The number of aliphatic carboxylic acids is 1. The molecule has 0 aliphatic carbocycles. The third-order valence-corrected chi connectivity index (χ3v) is 5.24. The number of nitrogens with zero attached hydrogens (tertiary/aromatic N) is 2. The first-order chi connectivity index (χ1) is 11.4. The van der Waals surface area contributed by atoms with Gasteiger partial charge in [0, 0.05) is 28.9 Å². The van der Waals surface area contributed by atoms with E-state index in [0.717, 1.165) is 10.0 Å². The molecule has 0 aliphatic rings. The molecule has 6 nitrogen and oxygen atoms in total. The molecular formula is C16H11ClN2O4S. The lowest BCUT2D eigenvalue weighted by Crippen LogP contribution is -2.12. The number of halogens is 1. The van der Waals surface area contributed by atoms with Crippen LogP contribution in [0.2, 0.25) is 5.02 Å². The van der Waals surface area contributed by atoms with Gasteiger partial charge in [-0.2, -0.15) is 0 Å². The number of carboxylic acids is 1. The normalized spacial score (nSPS) is 12.0. The number of benzene rings is 1. The van der Waals surface area contributed by atoms with Gasteiger partial charge in [0.1, 0.15) is 0 Å². The molecule has 0 radical (unpaired) electrons. The van der Waals surface area contributed by atoms with Gasteiger partial charge in [-0.1, -0.05) is 11.6 Å². The summed E-state index contributed by atoms with van der Waals surface area (Å²) in [5.74, 6) is -1.07. The second-order valence-corrected chi connectivity index (χ2v) is 7.17. The molecular weight excluding hydrogens is 352 g/mol. The van der Waals surface area contributed by atoms with Crippen LogP contribution in [-0.4, -0.2) is 28.5 Å². The fourth-order valence-corrected chi connectivity index (χ4v) is 3.62. The summed E-state index contributed by atoms with van der Waals surface area (Å²) in [5.41, 5.74) is 0.823. The van der Waals surface area contributed by atoms with E-state index in [-0.39, 0.29) is 10.5 Å². The van der Waals surface area contributed by atoms with Crippen LogP contribution in [0.3, 0.4) is 0 Å². The lowest BCUT2D eigenvalue weighted by atomic mass is 10.2. The maximum absolute atomic E-state index is 12.7. The van der Waals surface area contributed by atoms with Crippen molar-refractivity contribution in [2.75, 3.05) is 0 Å². The standard InChI is InChI=1S/C16H11ClN2O4S/c17-13-2-4-14(5-3-13)24(22,23)19-8-7-12-9-11(1-6-15(20)21)10-18-16(12)19/h1-10H,(H,20,21)/b6-1+. The van der Waals surface area contributed by atoms with Crippen molar-refractivity contribution in [3.8, 4) is 0 Å². The van der Waals surface area contributed by atoms with Crippen LogP contribution in [0, 0.1) is 0 Å². The Kier molecular flexibility index (Phi) is 4.13. The molecule has 2 aromatic heterocycles. The van der Waals surface area contributed by atoms with E-state index in [0.29, 0.717) is 16.0 Å². The van der Waals surface area contributed by atoms with E-state index in [4.69, 9.17) is 16.7 Å². The van der Waals surface area contributed by atoms with Gasteiger partial charge in [0.2, 0.25) is 0 Å². The van der Waals surface area contributed by atoms with Crippen LogP contribution in [-0.2, 0) is 14.8 Å². The van der Waals surface area contributed by atoms with Gasteiger partial charge >= 0.3 is 5.97 Å². The van der Waals surface area contributed by atoms with Gasteiger partial charge in [-0.25, -0.2) is 22.2 Å². The molecule has 0 unspecified atom stereocenters. The molecule has 24 heavy (non-hydrogen) atoms. The van der Waals surface area contributed by atoms with E-state index in [1.54, 1.807) is 12.1 Å². The summed E-state index contributed by atoms with van der Waals surface area (Å²) < 4.78 is 26.5. The summed E-state index contributed by atoms with van der Waals surface area (Å²) in [6.07, 6.45) is 5.20. The minimum Gasteiger partial charge on any atom is -0.478 e. The van der Waals surface area contributed by atoms with E-state index in [9.17, 15) is 13.2 Å². The summed E-state index contributed by atoms with van der Waals surface area (Å²) in [6, 6.07) is 9.12. The Hall–Kier alpha value is -2.64. The molecule has 0 atom stereocenters. The van der Waals surface area contributed by atoms with Crippen molar-refractivity contribution in [1.82, 2.24) is 8.96 Å². The molecule has 0 spiro atoms. The van der Waals surface area contributed by atoms with E-state index in [1.807, 2.05) is 0 Å². The highest BCUT2D eigenvalue weighted by atomic mass is 35.5. The van der Waals surface area contributed by atoms with Crippen molar-refractivity contribution < 1.29 is 18.3 Å². The van der Waals surface area contributed by atoms with Crippen LogP contribution in [0.1, 0.15) is 5.56 Å². The Balaban J connectivity index is 2.07. The van der Waals surface area contributed by atoms with Gasteiger partial charge in [0.15, 0.2) is 5.65 Å². The second-order valence-electron chi connectivity index (χ2n) is 4.92. The summed E-state index contributed by atoms with van der Waals surface area (Å²) in [5, 5.41) is 9.67. The highest BCUT2D eigenvalue weighted by molar-refractivity contribution is 7.90. The Bertz CT molecular complexity index is 1050. The van der Waals surface area contributed by atoms with Crippen molar-refractivity contribution in [3.63, 3.8) is 0 Å². The Morgan fingerprint density at radius 2 is 1.92 bits per heavy atom. The summed E-state index contributed by atoms with van der Waals surface area (Å²) >= 11 is 5.79. The van der Waals surface area contributed by atoms with Gasteiger partial charge in [-0.05, 0) is 48.0 Å².